The fourth-order valence-electron chi connectivity index (χ4n) is 9.76. The molecule has 11 atom stereocenters. The van der Waals surface area contributed by atoms with Crippen molar-refractivity contribution in [2.75, 3.05) is 7.11 Å². The minimum Gasteiger partial charge on any atom is -0.469 e. The third-order valence-electron chi connectivity index (χ3n) is 13.1. The summed E-state index contributed by atoms with van der Waals surface area (Å²) in [5.41, 5.74) is -2.12. The zero-order valence-electron chi connectivity index (χ0n) is 33.9. The van der Waals surface area contributed by atoms with Gasteiger partial charge in [0.15, 0.2) is 0 Å². The third-order valence-corrected chi connectivity index (χ3v) is 13.1. The Kier molecular flexibility index (Phi) is 13.8. The van der Waals surface area contributed by atoms with Crippen LogP contribution in [0.4, 0.5) is 0 Å². The van der Waals surface area contributed by atoms with Gasteiger partial charge in [0.1, 0.15) is 29.1 Å². The van der Waals surface area contributed by atoms with Crippen LogP contribution < -0.4 is 0 Å². The number of hydrogen-bond acceptors (Lipinski definition) is 10. The molecule has 2 aliphatic carbocycles. The van der Waals surface area contributed by atoms with Crippen LogP contribution in [0.15, 0.2) is 22.8 Å². The molecule has 2 bridgehead atoms. The van der Waals surface area contributed by atoms with Crippen LogP contribution in [0.5, 0.6) is 0 Å². The highest BCUT2D eigenvalue weighted by molar-refractivity contribution is 5.97. The van der Waals surface area contributed by atoms with Crippen molar-refractivity contribution in [1.29, 1.82) is 0 Å². The largest absolute Gasteiger partial charge is 0.469 e. The Morgan fingerprint density at radius 3 is 2.23 bits per heavy atom. The van der Waals surface area contributed by atoms with E-state index in [0.717, 1.165) is 24.0 Å². The van der Waals surface area contributed by atoms with E-state index in [1.165, 1.54) is 14.0 Å². The topological polar surface area (TPSA) is 154 Å². The zero-order valence-corrected chi connectivity index (χ0v) is 33.9. The van der Waals surface area contributed by atoms with Gasteiger partial charge in [-0.15, -0.1) is 0 Å². The fraction of sp³-hybridized carbons (Fsp3) is 0.791. The number of esters is 2. The van der Waals surface area contributed by atoms with E-state index < -0.39 is 64.6 Å². The number of carbonyl (C=O) groups is 5. The molecule has 1 saturated heterocycles. The van der Waals surface area contributed by atoms with Gasteiger partial charge in [0.2, 0.25) is 0 Å². The second-order valence-electron chi connectivity index (χ2n) is 18.1. The van der Waals surface area contributed by atoms with E-state index in [0.29, 0.717) is 31.3 Å². The van der Waals surface area contributed by atoms with Crippen molar-refractivity contribution < 1.29 is 48.4 Å². The fourth-order valence-corrected chi connectivity index (χ4v) is 9.76. The predicted molar refractivity (Wildman–Crippen MR) is 200 cm³/mol. The molecule has 53 heavy (non-hydrogen) atoms. The number of fused-ring (bicyclic) bond motifs is 5. The first-order chi connectivity index (χ1) is 24.6. The van der Waals surface area contributed by atoms with E-state index in [2.05, 4.69) is 0 Å². The molecule has 10 nitrogen and oxygen atoms in total. The van der Waals surface area contributed by atoms with E-state index >= 15 is 0 Å². The van der Waals surface area contributed by atoms with Crippen molar-refractivity contribution in [3.63, 3.8) is 0 Å². The summed E-state index contributed by atoms with van der Waals surface area (Å²) < 4.78 is 18.0. The van der Waals surface area contributed by atoms with Gasteiger partial charge in [-0.2, -0.15) is 0 Å². The normalized spacial score (nSPS) is 40.8. The third kappa shape index (κ3) is 9.58. The minimum atomic E-state index is -1.76. The van der Waals surface area contributed by atoms with Gasteiger partial charge in [0.25, 0.3) is 0 Å². The molecule has 2 aliphatic heterocycles. The number of ketones is 3. The van der Waals surface area contributed by atoms with Gasteiger partial charge in [-0.05, 0) is 65.2 Å². The summed E-state index contributed by atoms with van der Waals surface area (Å²) in [4.78, 5) is 70.5. The summed E-state index contributed by atoms with van der Waals surface area (Å²) in [6, 6.07) is 0. The van der Waals surface area contributed by atoms with Crippen LogP contribution in [0, 0.1) is 40.9 Å². The van der Waals surface area contributed by atoms with E-state index in [9.17, 15) is 34.2 Å². The number of aliphatic hydroxyl groups is 2. The van der Waals surface area contributed by atoms with Gasteiger partial charge >= 0.3 is 11.9 Å². The second kappa shape index (κ2) is 17.0. The molecule has 2 N–H and O–H groups in total. The maximum absolute atomic E-state index is 14.8. The quantitative estimate of drug-likeness (QED) is 0.233. The van der Waals surface area contributed by atoms with Crippen molar-refractivity contribution in [2.24, 2.45) is 40.9 Å². The Labute approximate surface area is 316 Å². The monoisotopic (exact) mass is 742 g/mol. The van der Waals surface area contributed by atoms with Gasteiger partial charge in [-0.25, -0.2) is 0 Å². The SMILES string of the molecule is COC(=O)[C@]12CC(=O)[C@H](C(C)C)CC(=O)[C@H](C)CCC[C@H](C)CC(=O)[C@H]1CC(C)=C1C[C@H](OC(C)=O)[C@](C)(O)[C@H]3C[C@@](C)(O)C[C@H](CC/C(C)=C/[C@@H]12)O3. The van der Waals surface area contributed by atoms with Crippen molar-refractivity contribution in [3.05, 3.63) is 22.8 Å². The van der Waals surface area contributed by atoms with Crippen LogP contribution in [0.3, 0.4) is 0 Å². The molecule has 1 saturated carbocycles. The molecule has 2 heterocycles. The van der Waals surface area contributed by atoms with Crippen molar-refractivity contribution in [2.45, 2.75) is 169 Å². The maximum atomic E-state index is 14.8. The summed E-state index contributed by atoms with van der Waals surface area (Å²) in [7, 11) is 1.29. The van der Waals surface area contributed by atoms with Gasteiger partial charge in [0, 0.05) is 69.1 Å². The van der Waals surface area contributed by atoms with E-state index in [1.54, 1.807) is 13.8 Å². The van der Waals surface area contributed by atoms with Crippen LogP contribution in [0.1, 0.15) is 139 Å². The second-order valence-corrected chi connectivity index (χ2v) is 18.1. The highest BCUT2D eigenvalue weighted by atomic mass is 16.6. The van der Waals surface area contributed by atoms with E-state index in [1.807, 2.05) is 47.6 Å². The number of hydrogen-bond donors (Lipinski definition) is 2. The van der Waals surface area contributed by atoms with Crippen molar-refractivity contribution in [3.8, 4) is 0 Å². The Morgan fingerprint density at radius 1 is 0.925 bits per heavy atom. The summed E-state index contributed by atoms with van der Waals surface area (Å²) in [5.74, 6) is -4.37. The lowest BCUT2D eigenvalue weighted by atomic mass is 9.53. The molecule has 4 aliphatic rings. The number of carbonyl (C=O) groups excluding carboxylic acids is 5. The number of allylic oxidation sites excluding steroid dienone is 3. The molecule has 0 unspecified atom stereocenters. The standard InChI is InChI=1S/C43H66O10/c1-24(2)31-19-35(45)27(5)13-11-12-25(3)17-36(46)34-18-28(6)32-20-38(52-29(7)44)42(9,50)39-23-41(8,49)21-30(53-39)15-14-26(4)16-33(32)43(34,22-37(31)47)40(48)51-10/h16,24-25,27,30-31,33-34,38-39,49-50H,11-15,17-23H2,1-10H3/b26-16+/t25-,27+,30-,31-,33-,34+,38-,39+,41-,42-,43-/m0/s1. The molecule has 10 heteroatoms. The number of methoxy groups -OCH3 is 1. The lowest BCUT2D eigenvalue weighted by Gasteiger charge is -2.50. The molecule has 298 valence electrons. The molecule has 4 rings (SSSR count). The molecule has 2 fully saturated rings. The maximum Gasteiger partial charge on any atom is 0.313 e. The summed E-state index contributed by atoms with van der Waals surface area (Å²) in [6.45, 7) is 16.2. The Bertz CT molecular complexity index is 1470. The summed E-state index contributed by atoms with van der Waals surface area (Å²) >= 11 is 0. The molecular weight excluding hydrogens is 676 g/mol. The minimum absolute atomic E-state index is 0.00142. The highest BCUT2D eigenvalue weighted by Crippen LogP contribution is 2.56. The number of ether oxygens (including phenoxy) is 3. The molecular formula is C43H66O10. The molecule has 0 aromatic rings. The smallest absolute Gasteiger partial charge is 0.313 e. The van der Waals surface area contributed by atoms with E-state index in [4.69, 9.17) is 14.2 Å². The lowest BCUT2D eigenvalue weighted by Crippen LogP contribution is -2.59. The van der Waals surface area contributed by atoms with Crippen molar-refractivity contribution >= 4 is 29.3 Å². The Balaban J connectivity index is 2.01. The Morgan fingerprint density at radius 2 is 1.60 bits per heavy atom. The first-order valence-corrected chi connectivity index (χ1v) is 19.9. The van der Waals surface area contributed by atoms with Crippen LogP contribution in [0.2, 0.25) is 0 Å². The van der Waals surface area contributed by atoms with Crippen LogP contribution in [-0.2, 0) is 38.2 Å². The van der Waals surface area contributed by atoms with Gasteiger partial charge in [-0.1, -0.05) is 63.3 Å². The summed E-state index contributed by atoms with van der Waals surface area (Å²) in [5, 5.41) is 23.6. The number of rotatable bonds is 3. The average molecular weight is 743 g/mol. The van der Waals surface area contributed by atoms with E-state index in [-0.39, 0.29) is 73.6 Å². The zero-order chi connectivity index (χ0) is 39.6. The van der Waals surface area contributed by atoms with Crippen molar-refractivity contribution in [1.82, 2.24) is 0 Å². The highest BCUT2D eigenvalue weighted by Gasteiger charge is 2.60. The Hall–Kier alpha value is -2.69. The lowest BCUT2D eigenvalue weighted by molar-refractivity contribution is -0.228. The predicted octanol–water partition coefficient (Wildman–Crippen LogP) is 6.82. The molecule has 0 aromatic carbocycles. The van der Waals surface area contributed by atoms with Gasteiger partial charge in [-0.3, -0.25) is 24.0 Å². The van der Waals surface area contributed by atoms with Crippen LogP contribution in [-0.4, -0.2) is 76.1 Å². The molecule has 0 radical (unpaired) electrons. The molecule has 0 spiro atoms. The van der Waals surface area contributed by atoms with Gasteiger partial charge in [0.05, 0.1) is 30.3 Å². The first-order valence-electron chi connectivity index (χ1n) is 19.9. The average Bonchev–Trinajstić information content (AvgIpc) is 3.05. The summed E-state index contributed by atoms with van der Waals surface area (Å²) in [6.07, 6.45) is 3.44. The van der Waals surface area contributed by atoms with Gasteiger partial charge < -0.3 is 24.4 Å². The number of Topliss-reactive ketones (excluding diaryl/α,β-unsaturated/α-hetero) is 3. The van der Waals surface area contributed by atoms with Crippen LogP contribution >= 0.6 is 0 Å². The molecule has 0 amide bonds. The molecule has 0 aromatic heterocycles. The van der Waals surface area contributed by atoms with Crippen LogP contribution in [0.25, 0.3) is 0 Å². The first kappa shape index (κ1) is 43.0.